The standard InChI is InChI=1S/C19H23NO4/c21-18(12-22-11-15-5-3-9-23-15)20-19(13-7-8-13)17-10-14-4-1-2-6-16(14)24-17/h1-2,4,6,10,13,15,19H,3,5,7-9,11-12H2,(H,20,21)/t15-,19+/m0/s1. The van der Waals surface area contributed by atoms with Gasteiger partial charge in [-0.1, -0.05) is 18.2 Å². The second-order valence-electron chi connectivity index (χ2n) is 6.72. The first-order valence-electron chi connectivity index (χ1n) is 8.77. The van der Waals surface area contributed by atoms with Crippen LogP contribution in [0.2, 0.25) is 0 Å². The van der Waals surface area contributed by atoms with E-state index in [0.29, 0.717) is 12.5 Å². The average Bonchev–Trinajstić information content (AvgIpc) is 3.12. The van der Waals surface area contributed by atoms with Crippen molar-refractivity contribution in [3.8, 4) is 0 Å². The fraction of sp³-hybridized carbons (Fsp3) is 0.526. The van der Waals surface area contributed by atoms with Gasteiger partial charge >= 0.3 is 0 Å². The molecule has 0 radical (unpaired) electrons. The van der Waals surface area contributed by atoms with E-state index in [4.69, 9.17) is 13.9 Å². The topological polar surface area (TPSA) is 60.7 Å². The van der Waals surface area contributed by atoms with Gasteiger partial charge in [-0.2, -0.15) is 0 Å². The van der Waals surface area contributed by atoms with Crippen LogP contribution in [0.4, 0.5) is 0 Å². The van der Waals surface area contributed by atoms with E-state index in [1.165, 1.54) is 0 Å². The van der Waals surface area contributed by atoms with Crippen LogP contribution in [0.1, 0.15) is 37.5 Å². The summed E-state index contributed by atoms with van der Waals surface area (Å²) in [6.45, 7) is 1.37. The minimum atomic E-state index is -0.0923. The van der Waals surface area contributed by atoms with E-state index >= 15 is 0 Å². The molecule has 2 aliphatic rings. The summed E-state index contributed by atoms with van der Waals surface area (Å²) in [6, 6.07) is 9.90. The van der Waals surface area contributed by atoms with E-state index in [0.717, 1.165) is 49.0 Å². The molecule has 1 aromatic heterocycles. The predicted molar refractivity (Wildman–Crippen MR) is 89.6 cm³/mol. The van der Waals surface area contributed by atoms with Gasteiger partial charge < -0.3 is 19.2 Å². The smallest absolute Gasteiger partial charge is 0.246 e. The maximum absolute atomic E-state index is 12.2. The molecule has 5 nitrogen and oxygen atoms in total. The molecule has 4 rings (SSSR count). The van der Waals surface area contributed by atoms with Crippen LogP contribution >= 0.6 is 0 Å². The van der Waals surface area contributed by atoms with Gasteiger partial charge in [0.2, 0.25) is 5.91 Å². The summed E-state index contributed by atoms with van der Waals surface area (Å²) in [5, 5.41) is 4.15. The van der Waals surface area contributed by atoms with Crippen molar-refractivity contribution in [1.29, 1.82) is 0 Å². The fourth-order valence-electron chi connectivity index (χ4n) is 3.28. The molecule has 1 aliphatic carbocycles. The van der Waals surface area contributed by atoms with E-state index in [2.05, 4.69) is 5.32 Å². The Morgan fingerprint density at radius 3 is 2.92 bits per heavy atom. The zero-order valence-electron chi connectivity index (χ0n) is 13.7. The number of benzene rings is 1. The summed E-state index contributed by atoms with van der Waals surface area (Å²) >= 11 is 0. The summed E-state index contributed by atoms with van der Waals surface area (Å²) in [5.74, 6) is 1.21. The van der Waals surface area contributed by atoms with E-state index in [1.54, 1.807) is 0 Å². The Bertz CT molecular complexity index is 667. The van der Waals surface area contributed by atoms with Gasteiger partial charge in [0.05, 0.1) is 18.8 Å². The second kappa shape index (κ2) is 6.95. The molecule has 1 amide bonds. The van der Waals surface area contributed by atoms with E-state index < -0.39 is 0 Å². The van der Waals surface area contributed by atoms with Crippen LogP contribution in [0.5, 0.6) is 0 Å². The van der Waals surface area contributed by atoms with Crippen LogP contribution < -0.4 is 5.32 Å². The molecule has 0 bridgehead atoms. The van der Waals surface area contributed by atoms with Crippen LogP contribution in [0, 0.1) is 5.92 Å². The molecule has 128 valence electrons. The molecule has 0 unspecified atom stereocenters. The zero-order valence-corrected chi connectivity index (χ0v) is 13.7. The number of amides is 1. The van der Waals surface area contributed by atoms with Crippen molar-refractivity contribution in [2.24, 2.45) is 5.92 Å². The second-order valence-corrected chi connectivity index (χ2v) is 6.72. The minimum absolute atomic E-state index is 0.0590. The first kappa shape index (κ1) is 15.7. The highest BCUT2D eigenvalue weighted by molar-refractivity contribution is 5.79. The molecule has 1 saturated heterocycles. The fourth-order valence-corrected chi connectivity index (χ4v) is 3.28. The first-order valence-corrected chi connectivity index (χ1v) is 8.77. The molecule has 2 aromatic rings. The quantitative estimate of drug-likeness (QED) is 0.847. The number of carbonyl (C=O) groups is 1. The highest BCUT2D eigenvalue weighted by atomic mass is 16.5. The molecule has 0 spiro atoms. The molecule has 2 atom stereocenters. The van der Waals surface area contributed by atoms with Gasteiger partial charge in [0.1, 0.15) is 18.0 Å². The maximum Gasteiger partial charge on any atom is 0.246 e. The van der Waals surface area contributed by atoms with Crippen molar-refractivity contribution in [1.82, 2.24) is 5.32 Å². The van der Waals surface area contributed by atoms with E-state index in [1.807, 2.05) is 30.3 Å². The molecule has 5 heteroatoms. The Kier molecular flexibility index (Phi) is 4.54. The number of carbonyl (C=O) groups excluding carboxylic acids is 1. The Morgan fingerprint density at radius 1 is 1.29 bits per heavy atom. The Morgan fingerprint density at radius 2 is 2.17 bits per heavy atom. The number of fused-ring (bicyclic) bond motifs is 1. The molecule has 1 saturated carbocycles. The summed E-state index contributed by atoms with van der Waals surface area (Å²) in [4.78, 5) is 12.2. The van der Waals surface area contributed by atoms with Crippen molar-refractivity contribution in [3.63, 3.8) is 0 Å². The minimum Gasteiger partial charge on any atom is -0.459 e. The highest BCUT2D eigenvalue weighted by Gasteiger charge is 2.35. The maximum atomic E-state index is 12.2. The normalized spacial score (nSPS) is 21.9. The lowest BCUT2D eigenvalue weighted by atomic mass is 10.1. The number of hydrogen-bond donors (Lipinski definition) is 1. The van der Waals surface area contributed by atoms with Crippen LogP contribution in [0.3, 0.4) is 0 Å². The largest absolute Gasteiger partial charge is 0.459 e. The van der Waals surface area contributed by atoms with E-state index in [9.17, 15) is 4.79 Å². The number of para-hydroxylation sites is 1. The third-order valence-electron chi connectivity index (χ3n) is 4.72. The third-order valence-corrected chi connectivity index (χ3v) is 4.72. The lowest BCUT2D eigenvalue weighted by Gasteiger charge is -2.16. The van der Waals surface area contributed by atoms with Crippen LogP contribution in [-0.4, -0.2) is 31.8 Å². The van der Waals surface area contributed by atoms with Gasteiger partial charge in [-0.25, -0.2) is 0 Å². The predicted octanol–water partition coefficient (Wildman–Crippen LogP) is 3.20. The van der Waals surface area contributed by atoms with Crippen molar-refractivity contribution >= 4 is 16.9 Å². The third kappa shape index (κ3) is 3.62. The Balaban J connectivity index is 1.35. The Hall–Kier alpha value is -1.85. The van der Waals surface area contributed by atoms with Crippen molar-refractivity contribution in [3.05, 3.63) is 36.1 Å². The summed E-state index contributed by atoms with van der Waals surface area (Å²) in [7, 11) is 0. The van der Waals surface area contributed by atoms with Crippen LogP contribution in [0.15, 0.2) is 34.7 Å². The van der Waals surface area contributed by atoms with Crippen LogP contribution in [-0.2, 0) is 14.3 Å². The monoisotopic (exact) mass is 329 g/mol. The molecule has 1 N–H and O–H groups in total. The van der Waals surface area contributed by atoms with Crippen molar-refractivity contribution in [2.75, 3.05) is 19.8 Å². The van der Waals surface area contributed by atoms with Gasteiger partial charge in [0.15, 0.2) is 0 Å². The van der Waals surface area contributed by atoms with Crippen molar-refractivity contribution < 1.29 is 18.7 Å². The van der Waals surface area contributed by atoms with Gasteiger partial charge in [-0.05, 0) is 43.7 Å². The molecule has 2 heterocycles. The number of furan rings is 1. The number of nitrogens with one attached hydrogen (secondary N) is 1. The number of hydrogen-bond acceptors (Lipinski definition) is 4. The first-order chi connectivity index (χ1) is 11.8. The highest BCUT2D eigenvalue weighted by Crippen LogP contribution is 2.42. The lowest BCUT2D eigenvalue weighted by Crippen LogP contribution is -2.33. The molecule has 1 aliphatic heterocycles. The molecule has 24 heavy (non-hydrogen) atoms. The molecular weight excluding hydrogens is 306 g/mol. The SMILES string of the molecule is O=C(COC[C@@H]1CCCO1)N[C@@H](c1cc2ccccc2o1)C1CC1. The molecular formula is C19H23NO4. The zero-order chi connectivity index (χ0) is 16.4. The lowest BCUT2D eigenvalue weighted by molar-refractivity contribution is -0.127. The van der Waals surface area contributed by atoms with Gasteiger partial charge in [0, 0.05) is 12.0 Å². The molecule has 1 aromatic carbocycles. The van der Waals surface area contributed by atoms with Gasteiger partial charge in [0.25, 0.3) is 0 Å². The number of rotatable bonds is 7. The molecule has 2 fully saturated rings. The van der Waals surface area contributed by atoms with E-state index in [-0.39, 0.29) is 24.7 Å². The van der Waals surface area contributed by atoms with Gasteiger partial charge in [-0.3, -0.25) is 4.79 Å². The van der Waals surface area contributed by atoms with Gasteiger partial charge in [-0.15, -0.1) is 0 Å². The number of ether oxygens (including phenoxy) is 2. The average molecular weight is 329 g/mol. The summed E-state index contributed by atoms with van der Waals surface area (Å²) in [5.41, 5.74) is 0.863. The summed E-state index contributed by atoms with van der Waals surface area (Å²) < 4.78 is 16.9. The summed E-state index contributed by atoms with van der Waals surface area (Å²) in [6.07, 6.45) is 4.49. The Labute approximate surface area is 141 Å². The van der Waals surface area contributed by atoms with Crippen molar-refractivity contribution in [2.45, 2.75) is 37.8 Å². The van der Waals surface area contributed by atoms with Crippen LogP contribution in [0.25, 0.3) is 11.0 Å².